The summed E-state index contributed by atoms with van der Waals surface area (Å²) in [4.78, 5) is 14.5. The van der Waals surface area contributed by atoms with E-state index in [0.717, 1.165) is 30.4 Å². The summed E-state index contributed by atoms with van der Waals surface area (Å²) in [5.41, 5.74) is 3.96. The molecule has 1 fully saturated rings. The molecule has 2 N–H and O–H groups in total. The third kappa shape index (κ3) is 2.57. The maximum absolute atomic E-state index is 14.1. The number of fused-ring (bicyclic) bond motifs is 2. The normalized spacial score (nSPS) is 19.0. The molecule has 7 heteroatoms. The van der Waals surface area contributed by atoms with Crippen molar-refractivity contribution in [1.29, 1.82) is 0 Å². The molecule has 1 saturated heterocycles. The van der Waals surface area contributed by atoms with Crippen LogP contribution in [0.3, 0.4) is 0 Å². The van der Waals surface area contributed by atoms with E-state index < -0.39 is 0 Å². The standard InChI is InChI=1S/C20H20FN4O2/c21-17-7-2-1-6-16(17)15-8-9-23(12-15)20-22-25(27)19-11-14-5-3-4-13(14)10-18(19)24(20)26/h1-2,6-7,10-11,15,26H,3-5,8-9,12H2/q+1/p+1. The number of H-pyrrole nitrogens is 1. The zero-order valence-electron chi connectivity index (χ0n) is 14.9. The molecule has 2 aliphatic rings. The van der Waals surface area contributed by atoms with Crippen LogP contribution in [-0.4, -0.2) is 23.4 Å². The van der Waals surface area contributed by atoms with Crippen LogP contribution in [0.15, 0.2) is 36.4 Å². The van der Waals surface area contributed by atoms with Crippen molar-refractivity contribution >= 4 is 17.0 Å². The van der Waals surface area contributed by atoms with Crippen molar-refractivity contribution in [3.63, 3.8) is 0 Å². The van der Waals surface area contributed by atoms with E-state index >= 15 is 0 Å². The maximum atomic E-state index is 14.1. The van der Waals surface area contributed by atoms with E-state index in [1.807, 2.05) is 23.1 Å². The molecule has 2 aromatic carbocycles. The number of benzene rings is 2. The first-order valence-electron chi connectivity index (χ1n) is 9.37. The minimum absolute atomic E-state index is 0.0235. The molecule has 138 valence electrons. The van der Waals surface area contributed by atoms with E-state index in [1.165, 1.54) is 17.2 Å². The largest absolute Gasteiger partial charge is 0.451 e. The SMILES string of the molecule is O=[n+]1[nH]c(N2CCC(c3ccccc3F)C2)[n+](O)c2cc3c(cc21)CCC3. The van der Waals surface area contributed by atoms with Crippen LogP contribution in [0.25, 0.3) is 11.0 Å². The minimum Gasteiger partial charge on any atom is -0.371 e. The summed E-state index contributed by atoms with van der Waals surface area (Å²) in [5, 5.41) is 13.5. The average Bonchev–Trinajstić information content (AvgIpc) is 3.33. The molecule has 1 aliphatic heterocycles. The summed E-state index contributed by atoms with van der Waals surface area (Å²) in [6, 6.07) is 10.6. The van der Waals surface area contributed by atoms with Gasteiger partial charge in [-0.2, -0.15) is 0 Å². The van der Waals surface area contributed by atoms with Gasteiger partial charge in [0.1, 0.15) is 5.82 Å². The van der Waals surface area contributed by atoms with Crippen molar-refractivity contribution in [2.45, 2.75) is 31.6 Å². The second-order valence-corrected chi connectivity index (χ2v) is 7.46. The average molecular weight is 368 g/mol. The lowest BCUT2D eigenvalue weighted by molar-refractivity contribution is -0.882. The second kappa shape index (κ2) is 6.04. The van der Waals surface area contributed by atoms with E-state index in [4.69, 9.17) is 0 Å². The van der Waals surface area contributed by atoms with Gasteiger partial charge in [0.25, 0.3) is 0 Å². The second-order valence-electron chi connectivity index (χ2n) is 7.46. The Hall–Kier alpha value is -2.96. The van der Waals surface area contributed by atoms with Crippen LogP contribution in [0, 0.1) is 10.7 Å². The molecule has 27 heavy (non-hydrogen) atoms. The summed E-state index contributed by atoms with van der Waals surface area (Å²) in [7, 11) is 0. The molecule has 1 aromatic heterocycles. The number of nitrogens with zero attached hydrogens (tertiary/aromatic N) is 3. The van der Waals surface area contributed by atoms with Crippen LogP contribution in [-0.2, 0) is 12.8 Å². The van der Waals surface area contributed by atoms with Crippen LogP contribution in [0.4, 0.5) is 10.3 Å². The lowest BCUT2D eigenvalue weighted by Crippen LogP contribution is -2.46. The van der Waals surface area contributed by atoms with Gasteiger partial charge in [-0.15, -0.1) is 0 Å². The monoisotopic (exact) mass is 368 g/mol. The molecule has 0 bridgehead atoms. The first-order valence-corrected chi connectivity index (χ1v) is 9.37. The molecular formula is C20H21FN4O2+2. The number of hydrogen-bond donors (Lipinski definition) is 2. The van der Waals surface area contributed by atoms with Crippen LogP contribution < -0.4 is 14.2 Å². The topological polar surface area (TPSA) is 66.1 Å². The third-order valence-corrected chi connectivity index (χ3v) is 5.87. The summed E-state index contributed by atoms with van der Waals surface area (Å²) in [6.45, 7) is 1.17. The fourth-order valence-electron chi connectivity index (χ4n) is 4.46. The molecule has 3 aromatic rings. The lowest BCUT2D eigenvalue weighted by Gasteiger charge is -2.12. The molecule has 1 aliphatic carbocycles. The molecule has 1 unspecified atom stereocenters. The van der Waals surface area contributed by atoms with Crippen LogP contribution in [0.5, 0.6) is 0 Å². The van der Waals surface area contributed by atoms with Gasteiger partial charge in [0.05, 0.1) is 18.0 Å². The van der Waals surface area contributed by atoms with Crippen molar-refractivity contribution in [3.8, 4) is 0 Å². The van der Waals surface area contributed by atoms with Gasteiger partial charge in [-0.25, -0.2) is 4.39 Å². The number of aromatic amines is 1. The Labute approximate surface area is 155 Å². The minimum atomic E-state index is -0.210. The van der Waals surface area contributed by atoms with Gasteiger partial charge in [-0.1, -0.05) is 18.2 Å². The molecule has 2 heterocycles. The Balaban J connectivity index is 1.54. The van der Waals surface area contributed by atoms with Gasteiger partial charge >= 0.3 is 11.5 Å². The van der Waals surface area contributed by atoms with E-state index in [9.17, 15) is 14.5 Å². The van der Waals surface area contributed by atoms with Gasteiger partial charge in [-0.3, -0.25) is 4.90 Å². The maximum Gasteiger partial charge on any atom is 0.451 e. The number of hydrogen-bond acceptors (Lipinski definition) is 3. The number of nitrogens with one attached hydrogen (secondary N) is 1. The lowest BCUT2D eigenvalue weighted by atomic mass is 9.98. The summed E-state index contributed by atoms with van der Waals surface area (Å²) in [5.74, 6) is 0.142. The molecular weight excluding hydrogens is 347 g/mol. The Morgan fingerprint density at radius 2 is 1.89 bits per heavy atom. The van der Waals surface area contributed by atoms with Crippen LogP contribution in [0.1, 0.15) is 35.4 Å². The summed E-state index contributed by atoms with van der Waals surface area (Å²) < 4.78 is 15.9. The first-order chi connectivity index (χ1) is 13.1. The van der Waals surface area contributed by atoms with Crippen molar-refractivity contribution in [3.05, 3.63) is 63.8 Å². The number of rotatable bonds is 2. The fourth-order valence-corrected chi connectivity index (χ4v) is 4.46. The smallest absolute Gasteiger partial charge is 0.371 e. The fraction of sp³-hybridized carbons (Fsp3) is 0.350. The highest BCUT2D eigenvalue weighted by Gasteiger charge is 2.36. The van der Waals surface area contributed by atoms with Crippen LogP contribution in [0.2, 0.25) is 0 Å². The number of anilines is 1. The van der Waals surface area contributed by atoms with Crippen molar-refractivity contribution < 1.29 is 18.9 Å². The highest BCUT2D eigenvalue weighted by Crippen LogP contribution is 2.30. The van der Waals surface area contributed by atoms with Crippen LogP contribution >= 0.6 is 0 Å². The van der Waals surface area contributed by atoms with Crippen molar-refractivity contribution in [1.82, 2.24) is 5.10 Å². The Morgan fingerprint density at radius 1 is 1.15 bits per heavy atom. The molecule has 5 rings (SSSR count). The summed E-state index contributed by atoms with van der Waals surface area (Å²) >= 11 is 0. The molecule has 0 saturated carbocycles. The highest BCUT2D eigenvalue weighted by molar-refractivity contribution is 5.70. The van der Waals surface area contributed by atoms with E-state index in [2.05, 4.69) is 5.10 Å². The number of aryl methyl sites for hydroxylation is 2. The first kappa shape index (κ1) is 16.2. The zero-order chi connectivity index (χ0) is 18.5. The number of halogens is 1. The van der Waals surface area contributed by atoms with Gasteiger partial charge in [-0.05, 0) is 59.2 Å². The summed E-state index contributed by atoms with van der Waals surface area (Å²) in [6.07, 6.45) is 3.77. The predicted octanol–water partition coefficient (Wildman–Crippen LogP) is 2.23. The number of aromatic nitrogens is 3. The van der Waals surface area contributed by atoms with Gasteiger partial charge in [0, 0.05) is 17.1 Å². The van der Waals surface area contributed by atoms with E-state index in [0.29, 0.717) is 40.2 Å². The van der Waals surface area contributed by atoms with Crippen molar-refractivity contribution in [2.75, 3.05) is 18.0 Å². The van der Waals surface area contributed by atoms with E-state index in [-0.39, 0.29) is 11.7 Å². The van der Waals surface area contributed by atoms with Crippen molar-refractivity contribution in [2.24, 2.45) is 0 Å². The highest BCUT2D eigenvalue weighted by atomic mass is 19.1. The zero-order valence-corrected chi connectivity index (χ0v) is 14.9. The van der Waals surface area contributed by atoms with E-state index in [1.54, 1.807) is 12.1 Å². The molecule has 0 radical (unpaired) electrons. The molecule has 0 spiro atoms. The Kier molecular flexibility index (Phi) is 3.63. The van der Waals surface area contributed by atoms with Gasteiger partial charge < -0.3 is 5.21 Å². The Bertz CT molecular complexity index is 1110. The quantitative estimate of drug-likeness (QED) is 0.539. The van der Waals surface area contributed by atoms with Gasteiger partial charge in [0.15, 0.2) is 0 Å². The Morgan fingerprint density at radius 3 is 2.67 bits per heavy atom. The third-order valence-electron chi connectivity index (χ3n) is 5.87. The molecule has 1 atom stereocenters. The molecule has 6 nitrogen and oxygen atoms in total. The molecule has 0 amide bonds. The predicted molar refractivity (Wildman–Crippen MR) is 97.0 cm³/mol. The van der Waals surface area contributed by atoms with Gasteiger partial charge in [0.2, 0.25) is 10.1 Å².